The monoisotopic (exact) mass is 384 g/mol. The molecule has 0 saturated heterocycles. The van der Waals surface area contributed by atoms with Crippen LogP contribution in [0.25, 0.3) is 0 Å². The third-order valence-corrected chi connectivity index (χ3v) is 5.76. The number of carbonyl (C=O) groups is 1. The Morgan fingerprint density at radius 1 is 1.43 bits per heavy atom. The molecular formula is C15H14BrClN2OS. The Labute approximate surface area is 141 Å². The molecular weight excluding hydrogens is 372 g/mol. The summed E-state index contributed by atoms with van der Waals surface area (Å²) in [5, 5.41) is 5.91. The normalized spacial score (nSPS) is 13.9. The molecule has 3 rings (SSSR count). The molecule has 1 aromatic carbocycles. The summed E-state index contributed by atoms with van der Waals surface area (Å²) in [6.45, 7) is 1.83. The van der Waals surface area contributed by atoms with Gasteiger partial charge < -0.3 is 10.2 Å². The van der Waals surface area contributed by atoms with Gasteiger partial charge in [-0.15, -0.1) is 11.3 Å². The van der Waals surface area contributed by atoms with E-state index >= 15 is 0 Å². The number of halogens is 2. The first-order chi connectivity index (χ1) is 10.1. The van der Waals surface area contributed by atoms with Gasteiger partial charge in [-0.3, -0.25) is 4.79 Å². The van der Waals surface area contributed by atoms with E-state index in [1.54, 1.807) is 17.4 Å². The molecule has 110 valence electrons. The molecule has 2 aromatic rings. The van der Waals surface area contributed by atoms with Crippen molar-refractivity contribution < 1.29 is 4.79 Å². The molecule has 3 nitrogen and oxygen atoms in total. The summed E-state index contributed by atoms with van der Waals surface area (Å²) in [7, 11) is 0. The van der Waals surface area contributed by atoms with E-state index < -0.39 is 0 Å². The predicted octanol–water partition coefficient (Wildman–Crippen LogP) is 4.16. The van der Waals surface area contributed by atoms with Gasteiger partial charge in [0.1, 0.15) is 0 Å². The minimum absolute atomic E-state index is 0.123. The lowest BCUT2D eigenvalue weighted by molar-refractivity contribution is -0.130. The number of hydrogen-bond acceptors (Lipinski definition) is 3. The summed E-state index contributed by atoms with van der Waals surface area (Å²) < 4.78 is 0.822. The highest BCUT2D eigenvalue weighted by molar-refractivity contribution is 9.10. The van der Waals surface area contributed by atoms with Crippen LogP contribution in [0.4, 0.5) is 5.69 Å². The third kappa shape index (κ3) is 3.42. The van der Waals surface area contributed by atoms with Gasteiger partial charge in [0.2, 0.25) is 5.91 Å². The first-order valence-corrected chi connectivity index (χ1v) is 8.70. The number of nitrogens with zero attached hydrogens (tertiary/aromatic N) is 1. The molecule has 0 unspecified atom stereocenters. The Balaban J connectivity index is 1.58. The lowest BCUT2D eigenvalue weighted by Gasteiger charge is -2.27. The standard InChI is InChI=1S/C15H14BrClN2OS/c16-12-7-11(1-2-13(12)17)18-8-15(20)19-5-3-14-10(9-19)4-6-21-14/h1-2,4,6-7,18H,3,5,8-9H2. The van der Waals surface area contributed by atoms with Crippen LogP contribution in [0.1, 0.15) is 10.4 Å². The number of rotatable bonds is 3. The van der Waals surface area contributed by atoms with Crippen LogP contribution in [0.2, 0.25) is 5.02 Å². The van der Waals surface area contributed by atoms with Gasteiger partial charge in [0.15, 0.2) is 0 Å². The minimum Gasteiger partial charge on any atom is -0.376 e. The fraction of sp³-hybridized carbons (Fsp3) is 0.267. The molecule has 1 aliphatic rings. The molecule has 0 spiro atoms. The first kappa shape index (κ1) is 14.9. The molecule has 6 heteroatoms. The van der Waals surface area contributed by atoms with E-state index in [2.05, 4.69) is 32.7 Å². The molecule has 0 radical (unpaired) electrons. The van der Waals surface area contributed by atoms with E-state index in [4.69, 9.17) is 11.6 Å². The van der Waals surface area contributed by atoms with E-state index in [1.807, 2.05) is 17.0 Å². The second-order valence-corrected chi connectivity index (χ2v) is 7.18. The zero-order valence-corrected chi connectivity index (χ0v) is 14.4. The lowest BCUT2D eigenvalue weighted by Crippen LogP contribution is -2.38. The Hall–Kier alpha value is -1.04. The fourth-order valence-electron chi connectivity index (χ4n) is 2.36. The van der Waals surface area contributed by atoms with Crippen molar-refractivity contribution in [1.29, 1.82) is 0 Å². The van der Waals surface area contributed by atoms with Crippen molar-refractivity contribution in [3.63, 3.8) is 0 Å². The number of thiophene rings is 1. The van der Waals surface area contributed by atoms with Crippen LogP contribution in [-0.4, -0.2) is 23.9 Å². The Morgan fingerprint density at radius 3 is 3.10 bits per heavy atom. The highest BCUT2D eigenvalue weighted by Crippen LogP contribution is 2.26. The third-order valence-electron chi connectivity index (χ3n) is 3.52. The largest absolute Gasteiger partial charge is 0.376 e. The minimum atomic E-state index is 0.123. The van der Waals surface area contributed by atoms with Crippen molar-refractivity contribution in [3.05, 3.63) is 49.6 Å². The molecule has 21 heavy (non-hydrogen) atoms. The summed E-state index contributed by atoms with van der Waals surface area (Å²) in [6, 6.07) is 7.66. The van der Waals surface area contributed by atoms with Gasteiger partial charge in [0.05, 0.1) is 11.6 Å². The average molecular weight is 386 g/mol. The van der Waals surface area contributed by atoms with E-state index in [1.165, 1.54) is 10.4 Å². The van der Waals surface area contributed by atoms with Crippen LogP contribution < -0.4 is 5.32 Å². The Kier molecular flexibility index (Phi) is 4.52. The van der Waals surface area contributed by atoms with Crippen LogP contribution in [-0.2, 0) is 17.8 Å². The Bertz CT molecular complexity index is 673. The number of nitrogens with one attached hydrogen (secondary N) is 1. The quantitative estimate of drug-likeness (QED) is 0.860. The Morgan fingerprint density at radius 2 is 2.29 bits per heavy atom. The zero-order valence-electron chi connectivity index (χ0n) is 11.2. The van der Waals surface area contributed by atoms with Crippen LogP contribution in [0.15, 0.2) is 34.1 Å². The molecule has 2 heterocycles. The van der Waals surface area contributed by atoms with Crippen molar-refractivity contribution in [3.8, 4) is 0 Å². The van der Waals surface area contributed by atoms with Crippen LogP contribution >= 0.6 is 38.9 Å². The molecule has 0 fully saturated rings. The predicted molar refractivity (Wildman–Crippen MR) is 91.1 cm³/mol. The number of carbonyl (C=O) groups excluding carboxylic acids is 1. The van der Waals surface area contributed by atoms with Gasteiger partial charge >= 0.3 is 0 Å². The van der Waals surface area contributed by atoms with Crippen molar-refractivity contribution in [1.82, 2.24) is 4.90 Å². The number of fused-ring (bicyclic) bond motifs is 1. The van der Waals surface area contributed by atoms with Crippen molar-refractivity contribution in [2.75, 3.05) is 18.4 Å². The van der Waals surface area contributed by atoms with E-state index in [-0.39, 0.29) is 5.91 Å². The number of benzene rings is 1. The number of anilines is 1. The van der Waals surface area contributed by atoms with Gasteiger partial charge in [0, 0.05) is 28.1 Å². The maximum absolute atomic E-state index is 12.3. The van der Waals surface area contributed by atoms with E-state index in [9.17, 15) is 4.79 Å². The smallest absolute Gasteiger partial charge is 0.242 e. The number of hydrogen-bond donors (Lipinski definition) is 1. The summed E-state index contributed by atoms with van der Waals surface area (Å²) in [4.78, 5) is 15.6. The number of amides is 1. The summed E-state index contributed by atoms with van der Waals surface area (Å²) in [5.41, 5.74) is 2.17. The molecule has 1 aromatic heterocycles. The van der Waals surface area contributed by atoms with Crippen LogP contribution in [0.5, 0.6) is 0 Å². The van der Waals surface area contributed by atoms with Crippen LogP contribution in [0, 0.1) is 0 Å². The van der Waals surface area contributed by atoms with Gasteiger partial charge in [-0.2, -0.15) is 0 Å². The molecule has 0 atom stereocenters. The SMILES string of the molecule is O=C(CNc1ccc(Cl)c(Br)c1)N1CCc2sccc2C1. The topological polar surface area (TPSA) is 32.3 Å². The van der Waals surface area contributed by atoms with Crippen molar-refractivity contribution in [2.45, 2.75) is 13.0 Å². The summed E-state index contributed by atoms with van der Waals surface area (Å²) in [5.74, 6) is 0.123. The maximum atomic E-state index is 12.3. The highest BCUT2D eigenvalue weighted by atomic mass is 79.9. The second-order valence-electron chi connectivity index (χ2n) is 4.92. The lowest BCUT2D eigenvalue weighted by atomic mass is 10.1. The molecule has 0 aliphatic carbocycles. The molecule has 1 N–H and O–H groups in total. The van der Waals surface area contributed by atoms with Crippen LogP contribution in [0.3, 0.4) is 0 Å². The molecule has 0 bridgehead atoms. The first-order valence-electron chi connectivity index (χ1n) is 6.65. The van der Waals surface area contributed by atoms with E-state index in [0.29, 0.717) is 11.6 Å². The summed E-state index contributed by atoms with van der Waals surface area (Å²) in [6.07, 6.45) is 0.964. The fourth-order valence-corrected chi connectivity index (χ4v) is 3.74. The van der Waals surface area contributed by atoms with Gasteiger partial charge in [-0.1, -0.05) is 11.6 Å². The highest BCUT2D eigenvalue weighted by Gasteiger charge is 2.21. The van der Waals surface area contributed by atoms with E-state index in [0.717, 1.165) is 29.7 Å². The van der Waals surface area contributed by atoms with Gasteiger partial charge in [-0.05, 0) is 57.6 Å². The maximum Gasteiger partial charge on any atom is 0.242 e. The zero-order chi connectivity index (χ0) is 14.8. The van der Waals surface area contributed by atoms with Gasteiger partial charge in [0.25, 0.3) is 0 Å². The average Bonchev–Trinajstić information content (AvgIpc) is 2.95. The van der Waals surface area contributed by atoms with Crippen molar-refractivity contribution >= 4 is 50.5 Å². The molecule has 1 aliphatic heterocycles. The second kappa shape index (κ2) is 6.38. The summed E-state index contributed by atoms with van der Waals surface area (Å²) >= 11 is 11.1. The van der Waals surface area contributed by atoms with Crippen molar-refractivity contribution in [2.24, 2.45) is 0 Å². The van der Waals surface area contributed by atoms with Gasteiger partial charge in [-0.25, -0.2) is 0 Å². The molecule has 0 saturated carbocycles. The molecule has 1 amide bonds.